The van der Waals surface area contributed by atoms with Crippen LogP contribution in [0.15, 0.2) is 59.4 Å². The number of rotatable bonds is 3. The van der Waals surface area contributed by atoms with Gasteiger partial charge in [0.2, 0.25) is 0 Å². The van der Waals surface area contributed by atoms with Crippen LogP contribution in [0.25, 0.3) is 0 Å². The number of hydrogen-bond acceptors (Lipinski definition) is 3. The maximum atomic E-state index is 12.3. The largest absolute Gasteiger partial charge is 0.488 e. The number of carbonyl (C=O) groups excluding carboxylic acids is 1. The van der Waals surface area contributed by atoms with Crippen LogP contribution >= 0.6 is 0 Å². The SMILES string of the molecule is CC=C1C=C(C(=O)Nc2ccccc2C(=O)O)COC1=CC. The van der Waals surface area contributed by atoms with Crippen LogP contribution in [-0.4, -0.2) is 23.6 Å². The number of ether oxygens (including phenoxy) is 1. The topological polar surface area (TPSA) is 75.6 Å². The number of hydrogen-bond donors (Lipinski definition) is 2. The summed E-state index contributed by atoms with van der Waals surface area (Å²) in [5.74, 6) is -0.733. The first-order valence-corrected chi connectivity index (χ1v) is 6.86. The van der Waals surface area contributed by atoms with Gasteiger partial charge in [-0.2, -0.15) is 0 Å². The lowest BCUT2D eigenvalue weighted by Gasteiger charge is -2.19. The summed E-state index contributed by atoms with van der Waals surface area (Å²) in [6.45, 7) is 3.87. The van der Waals surface area contributed by atoms with E-state index in [-0.39, 0.29) is 23.8 Å². The Morgan fingerprint density at radius 2 is 1.95 bits per heavy atom. The second-order valence-electron chi connectivity index (χ2n) is 4.66. The maximum absolute atomic E-state index is 12.3. The van der Waals surface area contributed by atoms with E-state index in [4.69, 9.17) is 9.84 Å². The van der Waals surface area contributed by atoms with Gasteiger partial charge < -0.3 is 15.2 Å². The highest BCUT2D eigenvalue weighted by Gasteiger charge is 2.20. The zero-order valence-corrected chi connectivity index (χ0v) is 12.4. The van der Waals surface area contributed by atoms with Gasteiger partial charge in [0.05, 0.1) is 16.8 Å². The highest BCUT2D eigenvalue weighted by molar-refractivity contribution is 6.07. The van der Waals surface area contributed by atoms with Crippen molar-refractivity contribution in [1.29, 1.82) is 0 Å². The van der Waals surface area contributed by atoms with Crippen LogP contribution in [0.1, 0.15) is 24.2 Å². The fourth-order valence-electron chi connectivity index (χ4n) is 2.13. The molecule has 0 atom stereocenters. The third kappa shape index (κ3) is 3.25. The molecule has 0 unspecified atom stereocenters. The molecule has 114 valence electrons. The number of benzene rings is 1. The maximum Gasteiger partial charge on any atom is 0.337 e. The average Bonchev–Trinajstić information content (AvgIpc) is 2.54. The van der Waals surface area contributed by atoms with E-state index >= 15 is 0 Å². The lowest BCUT2D eigenvalue weighted by Crippen LogP contribution is -2.22. The molecule has 0 fully saturated rings. The smallest absolute Gasteiger partial charge is 0.337 e. The molecule has 1 aromatic carbocycles. The van der Waals surface area contributed by atoms with Crippen molar-refractivity contribution in [1.82, 2.24) is 0 Å². The van der Waals surface area contributed by atoms with Gasteiger partial charge >= 0.3 is 5.97 Å². The minimum Gasteiger partial charge on any atom is -0.488 e. The first kappa shape index (κ1) is 15.6. The zero-order chi connectivity index (χ0) is 16.1. The molecule has 1 aliphatic heterocycles. The molecule has 1 heterocycles. The van der Waals surface area contributed by atoms with E-state index in [2.05, 4.69) is 5.32 Å². The van der Waals surface area contributed by atoms with Crippen LogP contribution in [0.5, 0.6) is 0 Å². The van der Waals surface area contributed by atoms with Gasteiger partial charge in [-0.25, -0.2) is 4.79 Å². The van der Waals surface area contributed by atoms with Crippen molar-refractivity contribution < 1.29 is 19.4 Å². The lowest BCUT2D eigenvalue weighted by atomic mass is 10.1. The third-order valence-electron chi connectivity index (χ3n) is 3.27. The number of aromatic carboxylic acids is 1. The molecule has 1 aliphatic rings. The summed E-state index contributed by atoms with van der Waals surface area (Å²) in [6, 6.07) is 6.28. The van der Waals surface area contributed by atoms with Crippen LogP contribution in [-0.2, 0) is 9.53 Å². The first-order chi connectivity index (χ1) is 10.6. The van der Waals surface area contributed by atoms with Gasteiger partial charge in [-0.3, -0.25) is 4.79 Å². The lowest BCUT2D eigenvalue weighted by molar-refractivity contribution is -0.113. The van der Waals surface area contributed by atoms with Crippen LogP contribution in [0.2, 0.25) is 0 Å². The number of para-hydroxylation sites is 1. The zero-order valence-electron chi connectivity index (χ0n) is 12.4. The molecule has 5 heteroatoms. The molecule has 1 aromatic rings. The fraction of sp³-hybridized carbons (Fsp3) is 0.176. The number of carboxylic acids is 1. The summed E-state index contributed by atoms with van der Waals surface area (Å²) in [7, 11) is 0. The van der Waals surface area contributed by atoms with Crippen molar-refractivity contribution in [3.63, 3.8) is 0 Å². The predicted octanol–water partition coefficient (Wildman–Crippen LogP) is 3.13. The summed E-state index contributed by atoms with van der Waals surface area (Å²) in [5, 5.41) is 11.8. The van der Waals surface area contributed by atoms with Crippen molar-refractivity contribution in [3.8, 4) is 0 Å². The monoisotopic (exact) mass is 299 g/mol. The summed E-state index contributed by atoms with van der Waals surface area (Å²) in [4.78, 5) is 23.5. The minimum absolute atomic E-state index is 0.0496. The Kier molecular flexibility index (Phi) is 4.78. The summed E-state index contributed by atoms with van der Waals surface area (Å²) in [6.07, 6.45) is 5.44. The molecule has 0 aliphatic carbocycles. The molecule has 0 saturated carbocycles. The minimum atomic E-state index is -1.09. The standard InChI is InChI=1S/C17H17NO4/c1-3-11-9-12(10-22-15(11)4-2)16(19)18-14-8-6-5-7-13(14)17(20)21/h3-9H,10H2,1-2H3,(H,18,19)(H,20,21). The number of carboxylic acid groups (broad SMARTS) is 1. The summed E-state index contributed by atoms with van der Waals surface area (Å²) in [5.41, 5.74) is 1.58. The van der Waals surface area contributed by atoms with Gasteiger partial charge in [0.15, 0.2) is 0 Å². The van der Waals surface area contributed by atoms with Crippen molar-refractivity contribution >= 4 is 17.6 Å². The molecule has 5 nitrogen and oxygen atoms in total. The third-order valence-corrected chi connectivity index (χ3v) is 3.27. The van der Waals surface area contributed by atoms with Crippen molar-refractivity contribution in [3.05, 3.63) is 65.0 Å². The number of amides is 1. The second-order valence-corrected chi connectivity index (χ2v) is 4.66. The van der Waals surface area contributed by atoms with E-state index < -0.39 is 5.97 Å². The summed E-state index contributed by atoms with van der Waals surface area (Å²) < 4.78 is 5.53. The fourth-order valence-corrected chi connectivity index (χ4v) is 2.13. The molecule has 2 rings (SSSR count). The number of nitrogens with one attached hydrogen (secondary N) is 1. The highest BCUT2D eigenvalue weighted by atomic mass is 16.5. The molecule has 0 aromatic heterocycles. The molecule has 0 radical (unpaired) electrons. The van der Waals surface area contributed by atoms with Gasteiger partial charge in [-0.05, 0) is 38.1 Å². The van der Waals surface area contributed by atoms with E-state index in [0.717, 1.165) is 11.3 Å². The second kappa shape index (κ2) is 6.76. The van der Waals surface area contributed by atoms with Gasteiger partial charge in [-0.1, -0.05) is 18.2 Å². The van der Waals surface area contributed by atoms with Crippen LogP contribution in [0.3, 0.4) is 0 Å². The molecular weight excluding hydrogens is 282 g/mol. The Bertz CT molecular complexity index is 698. The number of carbonyl (C=O) groups is 2. The Labute approximate surface area is 128 Å². The molecule has 2 N–H and O–H groups in total. The van der Waals surface area contributed by atoms with Gasteiger partial charge in [0.25, 0.3) is 5.91 Å². The normalized spacial score (nSPS) is 17.8. The molecular formula is C17H17NO4. The van der Waals surface area contributed by atoms with Crippen molar-refractivity contribution in [2.45, 2.75) is 13.8 Å². The van der Waals surface area contributed by atoms with Crippen molar-refractivity contribution in [2.75, 3.05) is 11.9 Å². The predicted molar refractivity (Wildman–Crippen MR) is 83.6 cm³/mol. The highest BCUT2D eigenvalue weighted by Crippen LogP contribution is 2.23. The van der Waals surface area contributed by atoms with E-state index in [1.807, 2.05) is 26.0 Å². The Balaban J connectivity index is 2.24. The van der Waals surface area contributed by atoms with Crippen molar-refractivity contribution in [2.24, 2.45) is 0 Å². The Morgan fingerprint density at radius 1 is 1.23 bits per heavy atom. The molecule has 0 spiro atoms. The summed E-state index contributed by atoms with van der Waals surface area (Å²) >= 11 is 0. The molecule has 1 amide bonds. The van der Waals surface area contributed by atoms with E-state index in [9.17, 15) is 9.59 Å². The molecule has 0 bridgehead atoms. The number of allylic oxidation sites excluding steroid dienone is 3. The quantitative estimate of drug-likeness (QED) is 0.899. The van der Waals surface area contributed by atoms with E-state index in [0.29, 0.717) is 5.57 Å². The van der Waals surface area contributed by atoms with Crippen LogP contribution in [0.4, 0.5) is 5.69 Å². The Hall–Kier alpha value is -2.82. The van der Waals surface area contributed by atoms with Crippen LogP contribution < -0.4 is 5.32 Å². The van der Waals surface area contributed by atoms with Gasteiger partial charge in [-0.15, -0.1) is 0 Å². The first-order valence-electron chi connectivity index (χ1n) is 6.86. The Morgan fingerprint density at radius 3 is 2.59 bits per heavy atom. The van der Waals surface area contributed by atoms with Gasteiger partial charge in [0, 0.05) is 5.57 Å². The van der Waals surface area contributed by atoms with Crippen LogP contribution in [0, 0.1) is 0 Å². The number of anilines is 1. The molecule has 0 saturated heterocycles. The van der Waals surface area contributed by atoms with E-state index in [1.54, 1.807) is 24.3 Å². The average molecular weight is 299 g/mol. The van der Waals surface area contributed by atoms with Gasteiger partial charge in [0.1, 0.15) is 12.4 Å². The molecule has 22 heavy (non-hydrogen) atoms. The van der Waals surface area contributed by atoms with E-state index in [1.165, 1.54) is 6.07 Å².